The minimum Gasteiger partial charge on any atom is -0.459 e. The second kappa shape index (κ2) is 5.61. The Bertz CT molecular complexity index is 1030. The van der Waals surface area contributed by atoms with Crippen molar-refractivity contribution in [3.63, 3.8) is 0 Å². The van der Waals surface area contributed by atoms with Gasteiger partial charge in [-0.1, -0.05) is 11.3 Å². The molecule has 4 aromatic rings. The number of aryl methyl sites for hydroxylation is 2. The molecular weight excluding hydrogens is 324 g/mol. The zero-order chi connectivity index (χ0) is 16.7. The van der Waals surface area contributed by atoms with Gasteiger partial charge in [-0.3, -0.25) is 4.79 Å². The predicted molar refractivity (Wildman–Crippen MR) is 92.9 cm³/mol. The molecule has 0 aliphatic heterocycles. The van der Waals surface area contributed by atoms with Gasteiger partial charge in [0.25, 0.3) is 5.91 Å². The first-order valence-electron chi connectivity index (χ1n) is 7.39. The van der Waals surface area contributed by atoms with Crippen LogP contribution in [-0.2, 0) is 0 Å². The van der Waals surface area contributed by atoms with Gasteiger partial charge in [-0.15, -0.1) is 0 Å². The van der Waals surface area contributed by atoms with E-state index in [2.05, 4.69) is 15.4 Å². The van der Waals surface area contributed by atoms with Crippen LogP contribution in [0.3, 0.4) is 0 Å². The summed E-state index contributed by atoms with van der Waals surface area (Å²) in [7, 11) is 0. The average Bonchev–Trinajstić information content (AvgIpc) is 3.26. The third-order valence-electron chi connectivity index (χ3n) is 3.57. The van der Waals surface area contributed by atoms with E-state index in [1.165, 1.54) is 6.26 Å². The second-order valence-corrected chi connectivity index (χ2v) is 6.46. The zero-order valence-corrected chi connectivity index (χ0v) is 13.9. The van der Waals surface area contributed by atoms with E-state index in [1.807, 2.05) is 42.8 Å². The lowest BCUT2D eigenvalue weighted by Crippen LogP contribution is -2.10. The summed E-state index contributed by atoms with van der Waals surface area (Å²) in [5, 5.41) is 8.08. The summed E-state index contributed by atoms with van der Waals surface area (Å²) in [6.07, 6.45) is 1.47. The van der Waals surface area contributed by atoms with Crippen molar-refractivity contribution in [3.8, 4) is 5.13 Å². The number of hydrogen-bond acceptors (Lipinski definition) is 5. The molecule has 1 amide bonds. The van der Waals surface area contributed by atoms with Gasteiger partial charge in [0.2, 0.25) is 5.13 Å². The third kappa shape index (κ3) is 2.59. The topological polar surface area (TPSA) is 73.0 Å². The highest BCUT2D eigenvalue weighted by Gasteiger charge is 2.12. The molecule has 3 heterocycles. The van der Waals surface area contributed by atoms with Crippen molar-refractivity contribution in [1.82, 2.24) is 14.8 Å². The van der Waals surface area contributed by atoms with Crippen molar-refractivity contribution in [2.24, 2.45) is 0 Å². The number of furan rings is 1. The van der Waals surface area contributed by atoms with E-state index >= 15 is 0 Å². The largest absolute Gasteiger partial charge is 0.459 e. The molecule has 6 nitrogen and oxygen atoms in total. The molecule has 0 fully saturated rings. The first-order valence-corrected chi connectivity index (χ1v) is 8.21. The summed E-state index contributed by atoms with van der Waals surface area (Å²) in [5.74, 6) is -0.00921. The van der Waals surface area contributed by atoms with Crippen LogP contribution in [0.1, 0.15) is 21.9 Å². The number of fused-ring (bicyclic) bond motifs is 1. The molecule has 1 aromatic carbocycles. The summed E-state index contributed by atoms with van der Waals surface area (Å²) < 4.78 is 7.97. The van der Waals surface area contributed by atoms with E-state index in [-0.39, 0.29) is 11.7 Å². The average molecular weight is 338 g/mol. The fourth-order valence-corrected chi connectivity index (χ4v) is 3.46. The van der Waals surface area contributed by atoms with E-state index in [9.17, 15) is 4.79 Å². The number of carbonyl (C=O) groups excluding carboxylic acids is 1. The summed E-state index contributed by atoms with van der Waals surface area (Å²) in [6.45, 7) is 3.96. The third-order valence-corrected chi connectivity index (χ3v) is 4.58. The number of amides is 1. The van der Waals surface area contributed by atoms with Crippen molar-refractivity contribution in [1.29, 1.82) is 0 Å². The molecule has 24 heavy (non-hydrogen) atoms. The Hall–Kier alpha value is -2.93. The van der Waals surface area contributed by atoms with Gasteiger partial charge in [-0.25, -0.2) is 9.67 Å². The lowest BCUT2D eigenvalue weighted by molar-refractivity contribution is 0.0996. The lowest BCUT2D eigenvalue weighted by atomic mass is 10.3. The molecule has 4 rings (SSSR count). The molecule has 0 unspecified atom stereocenters. The van der Waals surface area contributed by atoms with Crippen molar-refractivity contribution in [2.45, 2.75) is 13.8 Å². The number of aromatic nitrogens is 3. The zero-order valence-electron chi connectivity index (χ0n) is 13.1. The van der Waals surface area contributed by atoms with Crippen molar-refractivity contribution < 1.29 is 9.21 Å². The lowest BCUT2D eigenvalue weighted by Gasteiger charge is -2.02. The maximum atomic E-state index is 12.0. The molecule has 0 bridgehead atoms. The van der Waals surface area contributed by atoms with Crippen LogP contribution in [0.5, 0.6) is 0 Å². The van der Waals surface area contributed by atoms with E-state index < -0.39 is 0 Å². The van der Waals surface area contributed by atoms with Crippen LogP contribution in [0.25, 0.3) is 15.3 Å². The quantitative estimate of drug-likeness (QED) is 0.614. The summed E-state index contributed by atoms with van der Waals surface area (Å²) in [5.41, 5.74) is 3.49. The minimum atomic E-state index is -0.284. The number of anilines is 1. The highest BCUT2D eigenvalue weighted by molar-refractivity contribution is 7.20. The molecule has 7 heteroatoms. The molecule has 0 aliphatic rings. The summed E-state index contributed by atoms with van der Waals surface area (Å²) in [6, 6.07) is 11.0. The van der Waals surface area contributed by atoms with Crippen LogP contribution in [0.2, 0.25) is 0 Å². The molecule has 120 valence electrons. The van der Waals surface area contributed by atoms with Gasteiger partial charge in [0.15, 0.2) is 5.76 Å². The normalized spacial score (nSPS) is 11.1. The van der Waals surface area contributed by atoms with Crippen LogP contribution in [0.4, 0.5) is 5.69 Å². The number of hydrogen-bond donors (Lipinski definition) is 1. The smallest absolute Gasteiger partial charge is 0.291 e. The fourth-order valence-electron chi connectivity index (χ4n) is 2.51. The van der Waals surface area contributed by atoms with Crippen LogP contribution in [0, 0.1) is 13.8 Å². The Kier molecular flexibility index (Phi) is 3.42. The van der Waals surface area contributed by atoms with E-state index in [4.69, 9.17) is 4.42 Å². The Morgan fingerprint density at radius 2 is 2.12 bits per heavy atom. The maximum Gasteiger partial charge on any atom is 0.291 e. The fraction of sp³-hybridized carbons (Fsp3) is 0.118. The van der Waals surface area contributed by atoms with Crippen LogP contribution in [0.15, 0.2) is 47.1 Å². The van der Waals surface area contributed by atoms with Gasteiger partial charge in [-0.2, -0.15) is 5.10 Å². The van der Waals surface area contributed by atoms with Gasteiger partial charge in [0, 0.05) is 11.4 Å². The number of carbonyl (C=O) groups is 1. The van der Waals surface area contributed by atoms with Gasteiger partial charge in [-0.05, 0) is 50.2 Å². The standard InChI is InChI=1S/C17H14N4O2S/c1-10-8-11(2)21(20-10)17-19-13-9-12(5-6-15(13)24-17)18-16(22)14-4-3-7-23-14/h3-9H,1-2H3,(H,18,22). The van der Waals surface area contributed by atoms with Crippen LogP contribution < -0.4 is 5.32 Å². The number of rotatable bonds is 3. The Balaban J connectivity index is 1.66. The van der Waals surface area contributed by atoms with Crippen molar-refractivity contribution in [3.05, 3.63) is 59.8 Å². The van der Waals surface area contributed by atoms with Crippen LogP contribution >= 0.6 is 11.3 Å². The Morgan fingerprint density at radius 1 is 1.25 bits per heavy atom. The van der Waals surface area contributed by atoms with E-state index in [0.717, 1.165) is 26.7 Å². The molecule has 0 saturated heterocycles. The van der Waals surface area contributed by atoms with Gasteiger partial charge in [0.05, 0.1) is 22.2 Å². The first kappa shape index (κ1) is 14.6. The van der Waals surface area contributed by atoms with Gasteiger partial charge >= 0.3 is 0 Å². The Morgan fingerprint density at radius 3 is 2.83 bits per heavy atom. The van der Waals surface area contributed by atoms with Crippen LogP contribution in [-0.4, -0.2) is 20.7 Å². The highest BCUT2D eigenvalue weighted by atomic mass is 32.1. The van der Waals surface area contributed by atoms with Crippen molar-refractivity contribution >= 4 is 33.1 Å². The minimum absolute atomic E-state index is 0.275. The van der Waals surface area contributed by atoms with Crippen molar-refractivity contribution in [2.75, 3.05) is 5.32 Å². The number of benzene rings is 1. The summed E-state index contributed by atoms with van der Waals surface area (Å²) in [4.78, 5) is 16.7. The number of nitrogens with zero attached hydrogens (tertiary/aromatic N) is 3. The maximum absolute atomic E-state index is 12.0. The first-order chi connectivity index (χ1) is 11.6. The molecule has 1 N–H and O–H groups in total. The molecule has 0 spiro atoms. The second-order valence-electron chi connectivity index (χ2n) is 5.45. The Labute approximate surface area is 141 Å². The van der Waals surface area contributed by atoms with E-state index in [0.29, 0.717) is 5.69 Å². The molecule has 3 aromatic heterocycles. The number of nitrogens with one attached hydrogen (secondary N) is 1. The highest BCUT2D eigenvalue weighted by Crippen LogP contribution is 2.28. The number of thiazole rings is 1. The molecule has 0 atom stereocenters. The summed E-state index contributed by atoms with van der Waals surface area (Å²) >= 11 is 1.56. The molecule has 0 saturated carbocycles. The molecule has 0 radical (unpaired) electrons. The monoisotopic (exact) mass is 338 g/mol. The van der Waals surface area contributed by atoms with Gasteiger partial charge < -0.3 is 9.73 Å². The SMILES string of the molecule is Cc1cc(C)n(-c2nc3cc(NC(=O)c4ccco4)ccc3s2)n1. The predicted octanol–water partition coefficient (Wildman–Crippen LogP) is 3.94. The van der Waals surface area contributed by atoms with Gasteiger partial charge in [0.1, 0.15) is 0 Å². The molecular formula is C17H14N4O2S. The van der Waals surface area contributed by atoms with E-state index in [1.54, 1.807) is 23.5 Å². The molecule has 0 aliphatic carbocycles.